The highest BCUT2D eigenvalue weighted by Crippen LogP contribution is 2.14. The van der Waals surface area contributed by atoms with Gasteiger partial charge in [-0.05, 0) is 23.6 Å². The van der Waals surface area contributed by atoms with Crippen molar-refractivity contribution in [2.75, 3.05) is 6.54 Å². The fourth-order valence-corrected chi connectivity index (χ4v) is 2.54. The van der Waals surface area contributed by atoms with Crippen molar-refractivity contribution in [3.8, 4) is 0 Å². The van der Waals surface area contributed by atoms with E-state index in [0.29, 0.717) is 10.6 Å². The van der Waals surface area contributed by atoms with E-state index >= 15 is 0 Å². The van der Waals surface area contributed by atoms with Crippen molar-refractivity contribution >= 4 is 40.7 Å². The molecule has 0 aliphatic rings. The highest BCUT2D eigenvalue weighted by atomic mass is 35.5. The van der Waals surface area contributed by atoms with E-state index in [-0.39, 0.29) is 24.4 Å². The molecule has 0 fully saturated rings. The van der Waals surface area contributed by atoms with Crippen LogP contribution in [-0.4, -0.2) is 24.3 Å². The Morgan fingerprint density at radius 3 is 2.52 bits per heavy atom. The van der Waals surface area contributed by atoms with Gasteiger partial charge >= 0.3 is 0 Å². The number of nitrogens with one attached hydrogen (secondary N) is 3. The van der Waals surface area contributed by atoms with Crippen LogP contribution in [0.2, 0.25) is 5.02 Å². The number of benzene rings is 1. The molecule has 1 aromatic heterocycles. The number of carbonyl (C=O) groups is 3. The average Bonchev–Trinajstić information content (AvgIpc) is 3.07. The summed E-state index contributed by atoms with van der Waals surface area (Å²) in [4.78, 5) is 35.1. The van der Waals surface area contributed by atoms with Gasteiger partial charge in [-0.2, -0.15) is 11.3 Å². The molecule has 0 aliphatic carbocycles. The zero-order valence-electron chi connectivity index (χ0n) is 12.0. The van der Waals surface area contributed by atoms with Gasteiger partial charge in [0.25, 0.3) is 11.8 Å². The van der Waals surface area contributed by atoms with Crippen LogP contribution in [0.4, 0.5) is 0 Å². The molecule has 0 saturated heterocycles. The van der Waals surface area contributed by atoms with Gasteiger partial charge < -0.3 is 5.32 Å². The van der Waals surface area contributed by atoms with E-state index in [1.807, 2.05) is 0 Å². The summed E-state index contributed by atoms with van der Waals surface area (Å²) in [5, 5.41) is 6.43. The lowest BCUT2D eigenvalue weighted by atomic mass is 10.2. The molecule has 0 unspecified atom stereocenters. The van der Waals surface area contributed by atoms with Crippen LogP contribution in [0, 0.1) is 0 Å². The predicted molar refractivity (Wildman–Crippen MR) is 88.3 cm³/mol. The smallest absolute Gasteiger partial charge is 0.271 e. The van der Waals surface area contributed by atoms with Crippen molar-refractivity contribution in [3.05, 3.63) is 57.2 Å². The van der Waals surface area contributed by atoms with Gasteiger partial charge in [-0.15, -0.1) is 0 Å². The summed E-state index contributed by atoms with van der Waals surface area (Å²) in [5.41, 5.74) is 5.36. The van der Waals surface area contributed by atoms with E-state index in [2.05, 4.69) is 16.2 Å². The number of hydrazine groups is 1. The molecule has 0 atom stereocenters. The summed E-state index contributed by atoms with van der Waals surface area (Å²) in [7, 11) is 0. The Balaban J connectivity index is 1.70. The molecule has 1 heterocycles. The van der Waals surface area contributed by atoms with Crippen molar-refractivity contribution in [3.63, 3.8) is 0 Å². The van der Waals surface area contributed by atoms with Crippen LogP contribution in [0.15, 0.2) is 41.1 Å². The van der Waals surface area contributed by atoms with Crippen molar-refractivity contribution < 1.29 is 14.4 Å². The van der Waals surface area contributed by atoms with E-state index in [9.17, 15) is 14.4 Å². The molecule has 0 bridgehead atoms. The second-order valence-electron chi connectivity index (χ2n) is 4.50. The largest absolute Gasteiger partial charge is 0.351 e. The van der Waals surface area contributed by atoms with E-state index in [0.717, 1.165) is 0 Å². The summed E-state index contributed by atoms with van der Waals surface area (Å²) in [6.45, 7) is 0.169. The number of amides is 3. The molecule has 23 heavy (non-hydrogen) atoms. The maximum Gasteiger partial charge on any atom is 0.271 e. The van der Waals surface area contributed by atoms with E-state index < -0.39 is 11.8 Å². The third-order valence-electron chi connectivity index (χ3n) is 2.85. The Kier molecular flexibility index (Phi) is 6.13. The highest BCUT2D eigenvalue weighted by molar-refractivity contribution is 7.08. The number of hydrogen-bond donors (Lipinski definition) is 3. The fourth-order valence-electron chi connectivity index (χ4n) is 1.69. The number of halogens is 1. The Hall–Kier alpha value is -2.38. The van der Waals surface area contributed by atoms with E-state index in [1.165, 1.54) is 11.3 Å². The normalized spacial score (nSPS) is 9.96. The first kappa shape index (κ1) is 17.0. The summed E-state index contributed by atoms with van der Waals surface area (Å²) in [5.74, 6) is -1.17. The van der Waals surface area contributed by atoms with Gasteiger partial charge in [0.1, 0.15) is 0 Å². The second kappa shape index (κ2) is 8.30. The molecule has 2 rings (SSSR count). The molecule has 3 amide bonds. The predicted octanol–water partition coefficient (Wildman–Crippen LogP) is 1.98. The Labute approximate surface area is 141 Å². The fraction of sp³-hybridized carbons (Fsp3) is 0.133. The topological polar surface area (TPSA) is 87.3 Å². The Morgan fingerprint density at radius 1 is 1.04 bits per heavy atom. The van der Waals surface area contributed by atoms with Crippen LogP contribution < -0.4 is 16.2 Å². The third kappa shape index (κ3) is 5.08. The molecule has 2 aromatic rings. The first-order valence-corrected chi connectivity index (χ1v) is 8.04. The molecule has 0 radical (unpaired) electrons. The van der Waals surface area contributed by atoms with Crippen molar-refractivity contribution in [1.82, 2.24) is 16.2 Å². The summed E-state index contributed by atoms with van der Waals surface area (Å²) in [6, 6.07) is 8.20. The molecular formula is C15H14ClN3O3S. The molecule has 6 nitrogen and oxygen atoms in total. The molecule has 0 aliphatic heterocycles. The first-order valence-electron chi connectivity index (χ1n) is 6.72. The molecule has 8 heteroatoms. The summed E-state index contributed by atoms with van der Waals surface area (Å²) < 4.78 is 0. The standard InChI is InChI=1S/C15H14ClN3O3S/c16-12-4-2-1-3-11(12)15(22)19-18-13(20)5-7-17-14(21)10-6-8-23-9-10/h1-4,6,8-9H,5,7H2,(H,17,21)(H,18,20)(H,19,22). The minimum absolute atomic E-state index is 0.0404. The van der Waals surface area contributed by atoms with Crippen LogP contribution in [0.1, 0.15) is 27.1 Å². The Morgan fingerprint density at radius 2 is 1.83 bits per heavy atom. The van der Waals surface area contributed by atoms with Gasteiger partial charge in [-0.25, -0.2) is 0 Å². The number of hydrogen-bond acceptors (Lipinski definition) is 4. The SMILES string of the molecule is O=C(CCNC(=O)c1ccsc1)NNC(=O)c1ccccc1Cl. The average molecular weight is 352 g/mol. The van der Waals surface area contributed by atoms with Crippen LogP contribution in [0.5, 0.6) is 0 Å². The van der Waals surface area contributed by atoms with Crippen LogP contribution >= 0.6 is 22.9 Å². The molecule has 3 N–H and O–H groups in total. The monoisotopic (exact) mass is 351 g/mol. The summed E-state index contributed by atoms with van der Waals surface area (Å²) >= 11 is 7.30. The highest BCUT2D eigenvalue weighted by Gasteiger charge is 2.11. The van der Waals surface area contributed by atoms with E-state index in [4.69, 9.17) is 11.6 Å². The zero-order valence-corrected chi connectivity index (χ0v) is 13.5. The van der Waals surface area contributed by atoms with Gasteiger partial charge in [-0.3, -0.25) is 25.2 Å². The van der Waals surface area contributed by atoms with Crippen LogP contribution in [0.3, 0.4) is 0 Å². The number of rotatable bonds is 5. The van der Waals surface area contributed by atoms with Gasteiger partial charge in [0, 0.05) is 23.9 Å². The van der Waals surface area contributed by atoms with Gasteiger partial charge in [0.05, 0.1) is 10.6 Å². The maximum atomic E-state index is 11.8. The van der Waals surface area contributed by atoms with Crippen molar-refractivity contribution in [2.24, 2.45) is 0 Å². The van der Waals surface area contributed by atoms with E-state index in [1.54, 1.807) is 41.1 Å². The van der Waals surface area contributed by atoms with Crippen molar-refractivity contribution in [1.29, 1.82) is 0 Å². The maximum absolute atomic E-state index is 11.8. The third-order valence-corrected chi connectivity index (χ3v) is 3.87. The van der Waals surface area contributed by atoms with Gasteiger partial charge in [0.2, 0.25) is 5.91 Å². The minimum atomic E-state index is -0.508. The van der Waals surface area contributed by atoms with Gasteiger partial charge in [0.15, 0.2) is 0 Å². The lowest BCUT2D eigenvalue weighted by molar-refractivity contribution is -0.121. The molecule has 0 spiro atoms. The molecular weight excluding hydrogens is 338 g/mol. The Bertz CT molecular complexity index is 704. The first-order chi connectivity index (χ1) is 11.1. The van der Waals surface area contributed by atoms with Gasteiger partial charge in [-0.1, -0.05) is 23.7 Å². The lowest BCUT2D eigenvalue weighted by Crippen LogP contribution is -2.42. The quantitative estimate of drug-likeness (QED) is 0.720. The molecule has 1 aromatic carbocycles. The van der Waals surface area contributed by atoms with Crippen LogP contribution in [0.25, 0.3) is 0 Å². The van der Waals surface area contributed by atoms with Crippen LogP contribution in [-0.2, 0) is 4.79 Å². The number of thiophene rings is 1. The minimum Gasteiger partial charge on any atom is -0.351 e. The number of carbonyl (C=O) groups excluding carboxylic acids is 3. The zero-order chi connectivity index (χ0) is 16.7. The molecule has 120 valence electrons. The van der Waals surface area contributed by atoms with Crippen molar-refractivity contribution in [2.45, 2.75) is 6.42 Å². The lowest BCUT2D eigenvalue weighted by Gasteiger charge is -2.08. The molecule has 0 saturated carbocycles. The second-order valence-corrected chi connectivity index (χ2v) is 5.69. The summed E-state index contributed by atoms with van der Waals surface area (Å²) in [6.07, 6.45) is 0.0404.